The number of carboxylic acids is 1. The number of nitrogens with zero attached hydrogens (tertiary/aromatic N) is 1. The molecule has 3 aromatic carbocycles. The van der Waals surface area contributed by atoms with E-state index in [4.69, 9.17) is 14.3 Å². The molecule has 5 heteroatoms. The third-order valence-corrected chi connectivity index (χ3v) is 4.98. The fourth-order valence-electron chi connectivity index (χ4n) is 3.40. The SMILES string of the molecule is Cc1cccc2oc(-c3ccc4cc(OCCCCCC(=O)O)ccc4c3)nc12. The Labute approximate surface area is 168 Å². The van der Waals surface area contributed by atoms with Crippen molar-refractivity contribution in [3.8, 4) is 17.2 Å². The predicted octanol–water partition coefficient (Wildman–Crippen LogP) is 5.98. The standard InChI is InChI=1S/C24H23NO4/c1-16-6-5-7-21-23(16)25-24(29-21)19-10-9-18-15-20(12-11-17(18)14-19)28-13-4-2-3-8-22(26)27/h5-7,9-12,14-15H,2-4,8,13H2,1H3,(H,26,27). The molecular weight excluding hydrogens is 366 g/mol. The van der Waals surface area contributed by atoms with Crippen LogP contribution in [0.4, 0.5) is 0 Å². The van der Waals surface area contributed by atoms with E-state index in [1.807, 2.05) is 55.5 Å². The number of aliphatic carboxylic acids is 1. The summed E-state index contributed by atoms with van der Waals surface area (Å²) in [5.41, 5.74) is 3.74. The Balaban J connectivity index is 1.45. The molecule has 0 amide bonds. The summed E-state index contributed by atoms with van der Waals surface area (Å²) in [6.45, 7) is 2.62. The van der Waals surface area contributed by atoms with E-state index < -0.39 is 5.97 Å². The van der Waals surface area contributed by atoms with Gasteiger partial charge in [0.05, 0.1) is 6.61 Å². The first kappa shape index (κ1) is 19.0. The summed E-state index contributed by atoms with van der Waals surface area (Å²) in [6.07, 6.45) is 2.61. The third kappa shape index (κ3) is 4.40. The minimum Gasteiger partial charge on any atom is -0.494 e. The summed E-state index contributed by atoms with van der Waals surface area (Å²) < 4.78 is 11.7. The second kappa shape index (κ2) is 8.35. The number of para-hydroxylation sites is 1. The van der Waals surface area contributed by atoms with Crippen LogP contribution in [0.15, 0.2) is 59.0 Å². The summed E-state index contributed by atoms with van der Waals surface area (Å²) in [7, 11) is 0. The summed E-state index contributed by atoms with van der Waals surface area (Å²) in [5.74, 6) is 0.701. The average Bonchev–Trinajstić information content (AvgIpc) is 3.16. The Morgan fingerprint density at radius 1 is 1.03 bits per heavy atom. The number of oxazole rings is 1. The molecule has 4 aromatic rings. The highest BCUT2D eigenvalue weighted by atomic mass is 16.5. The Hall–Kier alpha value is -3.34. The molecule has 4 rings (SSSR count). The van der Waals surface area contributed by atoms with Crippen LogP contribution in [0.5, 0.6) is 5.75 Å². The first-order chi connectivity index (χ1) is 14.1. The van der Waals surface area contributed by atoms with Gasteiger partial charge in [0.1, 0.15) is 11.3 Å². The maximum absolute atomic E-state index is 10.5. The largest absolute Gasteiger partial charge is 0.494 e. The van der Waals surface area contributed by atoms with Crippen molar-refractivity contribution in [1.29, 1.82) is 0 Å². The second-order valence-corrected chi connectivity index (χ2v) is 7.22. The van der Waals surface area contributed by atoms with Crippen LogP contribution >= 0.6 is 0 Å². The molecule has 0 fully saturated rings. The Kier molecular flexibility index (Phi) is 5.47. The Morgan fingerprint density at radius 3 is 2.69 bits per heavy atom. The number of fused-ring (bicyclic) bond motifs is 2. The summed E-state index contributed by atoms with van der Waals surface area (Å²) in [5, 5.41) is 10.8. The van der Waals surface area contributed by atoms with Crippen LogP contribution in [-0.4, -0.2) is 22.7 Å². The van der Waals surface area contributed by atoms with Gasteiger partial charge in [-0.25, -0.2) is 4.98 Å². The topological polar surface area (TPSA) is 72.6 Å². The molecule has 1 aromatic heterocycles. The Morgan fingerprint density at radius 2 is 1.86 bits per heavy atom. The summed E-state index contributed by atoms with van der Waals surface area (Å²) >= 11 is 0. The van der Waals surface area contributed by atoms with Crippen LogP contribution in [0, 0.1) is 6.92 Å². The van der Waals surface area contributed by atoms with Crippen molar-refractivity contribution < 1.29 is 19.1 Å². The predicted molar refractivity (Wildman–Crippen MR) is 113 cm³/mol. The number of ether oxygens (including phenoxy) is 1. The number of aromatic nitrogens is 1. The highest BCUT2D eigenvalue weighted by molar-refractivity contribution is 5.88. The number of aryl methyl sites for hydroxylation is 1. The molecule has 29 heavy (non-hydrogen) atoms. The molecule has 1 N–H and O–H groups in total. The van der Waals surface area contributed by atoms with Gasteiger partial charge in [0.15, 0.2) is 5.58 Å². The van der Waals surface area contributed by atoms with Crippen LogP contribution in [-0.2, 0) is 4.79 Å². The number of carboxylic acid groups (broad SMARTS) is 1. The van der Waals surface area contributed by atoms with Crippen molar-refractivity contribution in [3.05, 3.63) is 60.2 Å². The lowest BCUT2D eigenvalue weighted by Crippen LogP contribution is -1.99. The monoisotopic (exact) mass is 389 g/mol. The number of hydrogen-bond donors (Lipinski definition) is 1. The molecule has 0 saturated carbocycles. The fourth-order valence-corrected chi connectivity index (χ4v) is 3.40. The van der Waals surface area contributed by atoms with Gasteiger partial charge in [0, 0.05) is 12.0 Å². The van der Waals surface area contributed by atoms with Crippen LogP contribution in [0.25, 0.3) is 33.3 Å². The van der Waals surface area contributed by atoms with E-state index in [0.29, 0.717) is 18.9 Å². The molecule has 0 radical (unpaired) electrons. The number of unbranched alkanes of at least 4 members (excludes halogenated alkanes) is 2. The van der Waals surface area contributed by atoms with Crippen molar-refractivity contribution >= 4 is 27.8 Å². The lowest BCUT2D eigenvalue weighted by atomic mass is 10.1. The molecule has 0 aliphatic carbocycles. The number of hydrogen-bond acceptors (Lipinski definition) is 4. The van der Waals surface area contributed by atoms with Crippen molar-refractivity contribution in [2.45, 2.75) is 32.6 Å². The number of carbonyl (C=O) groups is 1. The Bertz CT molecular complexity index is 1160. The number of rotatable bonds is 8. The average molecular weight is 389 g/mol. The molecule has 0 aliphatic rings. The minimum absolute atomic E-state index is 0.220. The van der Waals surface area contributed by atoms with Crippen LogP contribution in [0.3, 0.4) is 0 Å². The van der Waals surface area contributed by atoms with Gasteiger partial charge in [-0.3, -0.25) is 4.79 Å². The van der Waals surface area contributed by atoms with Crippen LogP contribution in [0.1, 0.15) is 31.2 Å². The van der Waals surface area contributed by atoms with Gasteiger partial charge in [-0.05, 0) is 72.9 Å². The van der Waals surface area contributed by atoms with Crippen LogP contribution in [0.2, 0.25) is 0 Å². The van der Waals surface area contributed by atoms with Gasteiger partial charge in [0.2, 0.25) is 5.89 Å². The van der Waals surface area contributed by atoms with E-state index in [1.165, 1.54) is 0 Å². The minimum atomic E-state index is -0.743. The molecule has 148 valence electrons. The van der Waals surface area contributed by atoms with E-state index in [9.17, 15) is 4.79 Å². The molecule has 5 nitrogen and oxygen atoms in total. The lowest BCUT2D eigenvalue weighted by molar-refractivity contribution is -0.137. The van der Waals surface area contributed by atoms with Crippen molar-refractivity contribution in [1.82, 2.24) is 4.98 Å². The van der Waals surface area contributed by atoms with Gasteiger partial charge in [-0.1, -0.05) is 24.3 Å². The molecule has 0 unspecified atom stereocenters. The van der Waals surface area contributed by atoms with Gasteiger partial charge in [0.25, 0.3) is 0 Å². The highest BCUT2D eigenvalue weighted by Gasteiger charge is 2.10. The molecule has 0 atom stereocenters. The van der Waals surface area contributed by atoms with E-state index in [0.717, 1.165) is 51.6 Å². The van der Waals surface area contributed by atoms with Gasteiger partial charge >= 0.3 is 5.97 Å². The third-order valence-electron chi connectivity index (χ3n) is 4.98. The van der Waals surface area contributed by atoms with Crippen molar-refractivity contribution in [2.24, 2.45) is 0 Å². The zero-order valence-corrected chi connectivity index (χ0v) is 16.4. The van der Waals surface area contributed by atoms with E-state index >= 15 is 0 Å². The van der Waals surface area contributed by atoms with E-state index in [1.54, 1.807) is 0 Å². The summed E-state index contributed by atoms with van der Waals surface area (Å²) in [6, 6.07) is 18.1. The molecule has 0 spiro atoms. The lowest BCUT2D eigenvalue weighted by Gasteiger charge is -2.08. The maximum atomic E-state index is 10.5. The molecule has 0 aliphatic heterocycles. The van der Waals surface area contributed by atoms with Gasteiger partial charge in [-0.15, -0.1) is 0 Å². The zero-order chi connectivity index (χ0) is 20.2. The van der Waals surface area contributed by atoms with Crippen LogP contribution < -0.4 is 4.74 Å². The normalized spacial score (nSPS) is 11.2. The molecule has 0 saturated heterocycles. The zero-order valence-electron chi connectivity index (χ0n) is 16.4. The first-order valence-electron chi connectivity index (χ1n) is 9.85. The van der Waals surface area contributed by atoms with Crippen molar-refractivity contribution in [3.63, 3.8) is 0 Å². The molecular formula is C24H23NO4. The second-order valence-electron chi connectivity index (χ2n) is 7.22. The first-order valence-corrected chi connectivity index (χ1v) is 9.85. The molecule has 0 bridgehead atoms. The number of benzene rings is 3. The molecule has 1 heterocycles. The van der Waals surface area contributed by atoms with Gasteiger partial charge in [-0.2, -0.15) is 0 Å². The van der Waals surface area contributed by atoms with E-state index in [2.05, 4.69) is 11.1 Å². The van der Waals surface area contributed by atoms with E-state index in [-0.39, 0.29) is 6.42 Å². The van der Waals surface area contributed by atoms with Crippen molar-refractivity contribution in [2.75, 3.05) is 6.61 Å². The summed E-state index contributed by atoms with van der Waals surface area (Å²) in [4.78, 5) is 15.2. The highest BCUT2D eigenvalue weighted by Crippen LogP contribution is 2.29. The quantitative estimate of drug-likeness (QED) is 0.375. The smallest absolute Gasteiger partial charge is 0.303 e. The fraction of sp³-hybridized carbons (Fsp3) is 0.250. The maximum Gasteiger partial charge on any atom is 0.303 e. The van der Waals surface area contributed by atoms with Gasteiger partial charge < -0.3 is 14.3 Å².